The summed E-state index contributed by atoms with van der Waals surface area (Å²) in [6.07, 6.45) is 4.24. The van der Waals surface area contributed by atoms with Gasteiger partial charge in [0.05, 0.1) is 6.61 Å². The van der Waals surface area contributed by atoms with Crippen molar-refractivity contribution in [1.82, 2.24) is 0 Å². The van der Waals surface area contributed by atoms with E-state index in [0.29, 0.717) is 6.61 Å². The van der Waals surface area contributed by atoms with Gasteiger partial charge in [-0.25, -0.2) is 0 Å². The van der Waals surface area contributed by atoms with Crippen molar-refractivity contribution in [3.8, 4) is 5.75 Å². The van der Waals surface area contributed by atoms with Gasteiger partial charge in [0.1, 0.15) is 5.75 Å². The molecule has 0 fully saturated rings. The molecule has 0 atom stereocenters. The summed E-state index contributed by atoms with van der Waals surface area (Å²) in [5.74, 6) is 0.633. The Labute approximate surface area is 144 Å². The molecule has 0 radical (unpaired) electrons. The largest absolute Gasteiger partial charge is 0.493 e. The van der Waals surface area contributed by atoms with Crippen LogP contribution in [0, 0.1) is 3.57 Å². The molecule has 4 heteroatoms. The Hall–Kier alpha value is -1.82. The minimum atomic E-state index is -0.161. The minimum Gasteiger partial charge on any atom is -0.493 e. The smallest absolute Gasteiger partial charge is 0.248 e. The molecule has 0 unspecified atom stereocenters. The molecule has 0 aliphatic heterocycles. The monoisotopic (exact) mass is 407 g/mol. The number of anilines is 1. The van der Waals surface area contributed by atoms with E-state index in [9.17, 15) is 4.79 Å². The molecule has 0 spiro atoms. The van der Waals surface area contributed by atoms with Crippen LogP contribution in [0.25, 0.3) is 6.08 Å². The van der Waals surface area contributed by atoms with Crippen LogP contribution in [0.5, 0.6) is 5.75 Å². The summed E-state index contributed by atoms with van der Waals surface area (Å²) in [6.45, 7) is 2.73. The molecule has 114 valence electrons. The fourth-order valence-corrected chi connectivity index (χ4v) is 2.20. The Morgan fingerprint density at radius 3 is 2.64 bits per heavy atom. The Morgan fingerprint density at radius 2 is 1.91 bits per heavy atom. The van der Waals surface area contributed by atoms with Gasteiger partial charge in [-0.05, 0) is 65.4 Å². The van der Waals surface area contributed by atoms with Gasteiger partial charge in [0, 0.05) is 20.9 Å². The summed E-state index contributed by atoms with van der Waals surface area (Å²) in [6, 6.07) is 15.4. The third kappa shape index (κ3) is 5.18. The molecule has 3 nitrogen and oxygen atoms in total. The first-order valence-electron chi connectivity index (χ1n) is 7.15. The highest BCUT2D eigenvalue weighted by Gasteiger charge is 2.01. The van der Waals surface area contributed by atoms with Crippen molar-refractivity contribution < 1.29 is 9.53 Å². The second-order valence-corrected chi connectivity index (χ2v) is 5.96. The maximum Gasteiger partial charge on any atom is 0.248 e. The highest BCUT2D eigenvalue weighted by Crippen LogP contribution is 2.19. The van der Waals surface area contributed by atoms with Crippen LogP contribution in [0.2, 0.25) is 0 Å². The number of hydrogen-bond donors (Lipinski definition) is 1. The van der Waals surface area contributed by atoms with E-state index in [1.807, 2.05) is 48.5 Å². The van der Waals surface area contributed by atoms with E-state index in [-0.39, 0.29) is 5.91 Å². The van der Waals surface area contributed by atoms with Crippen LogP contribution in [0.3, 0.4) is 0 Å². The highest BCUT2D eigenvalue weighted by atomic mass is 127. The van der Waals surface area contributed by atoms with E-state index in [1.54, 1.807) is 6.08 Å². The van der Waals surface area contributed by atoms with Crippen molar-refractivity contribution in [1.29, 1.82) is 0 Å². The van der Waals surface area contributed by atoms with Crippen molar-refractivity contribution >= 4 is 40.3 Å². The zero-order valence-corrected chi connectivity index (χ0v) is 14.5. The lowest BCUT2D eigenvalue weighted by Crippen LogP contribution is -2.07. The molecule has 1 amide bonds. The molecule has 0 aromatic heterocycles. The Bertz CT molecular complexity index is 650. The number of nitrogens with one attached hydrogen (secondary N) is 1. The molecule has 1 N–H and O–H groups in total. The fraction of sp³-hybridized carbons (Fsp3) is 0.167. The van der Waals surface area contributed by atoms with E-state index in [2.05, 4.69) is 34.8 Å². The van der Waals surface area contributed by atoms with Crippen LogP contribution in [0.15, 0.2) is 54.6 Å². The van der Waals surface area contributed by atoms with Crippen LogP contribution in [0.1, 0.15) is 18.9 Å². The second-order valence-electron chi connectivity index (χ2n) is 4.72. The van der Waals surface area contributed by atoms with Gasteiger partial charge in [0.15, 0.2) is 0 Å². The first kappa shape index (κ1) is 16.5. The van der Waals surface area contributed by atoms with E-state index in [1.165, 1.54) is 6.08 Å². The van der Waals surface area contributed by atoms with Gasteiger partial charge >= 0.3 is 0 Å². The maximum absolute atomic E-state index is 12.0. The van der Waals surface area contributed by atoms with Crippen LogP contribution >= 0.6 is 22.6 Å². The van der Waals surface area contributed by atoms with Gasteiger partial charge in [-0.3, -0.25) is 4.79 Å². The number of amides is 1. The summed E-state index contributed by atoms with van der Waals surface area (Å²) < 4.78 is 6.80. The Kier molecular flexibility index (Phi) is 6.45. The van der Waals surface area contributed by atoms with E-state index in [4.69, 9.17) is 4.74 Å². The van der Waals surface area contributed by atoms with Gasteiger partial charge in [-0.1, -0.05) is 25.1 Å². The number of halogens is 1. The molecular weight excluding hydrogens is 389 g/mol. The minimum absolute atomic E-state index is 0.161. The molecule has 0 bridgehead atoms. The van der Waals surface area contributed by atoms with E-state index < -0.39 is 0 Å². The molecular formula is C18H18INO2. The quantitative estimate of drug-likeness (QED) is 0.556. The number of para-hydroxylation sites is 1. The molecule has 0 saturated carbocycles. The first-order valence-corrected chi connectivity index (χ1v) is 8.23. The zero-order valence-electron chi connectivity index (χ0n) is 12.4. The average molecular weight is 407 g/mol. The predicted octanol–water partition coefficient (Wildman–Crippen LogP) is 4.73. The lowest BCUT2D eigenvalue weighted by molar-refractivity contribution is -0.111. The second kappa shape index (κ2) is 8.58. The van der Waals surface area contributed by atoms with Crippen LogP contribution < -0.4 is 10.1 Å². The van der Waals surface area contributed by atoms with Crippen molar-refractivity contribution in [2.24, 2.45) is 0 Å². The maximum atomic E-state index is 12.0. The zero-order chi connectivity index (χ0) is 15.8. The van der Waals surface area contributed by atoms with E-state index in [0.717, 1.165) is 27.0 Å². The number of hydrogen-bond acceptors (Lipinski definition) is 2. The number of rotatable bonds is 6. The molecule has 0 heterocycles. The summed E-state index contributed by atoms with van der Waals surface area (Å²) in [4.78, 5) is 12.0. The third-order valence-electron chi connectivity index (χ3n) is 2.91. The van der Waals surface area contributed by atoms with Crippen molar-refractivity contribution in [2.75, 3.05) is 11.9 Å². The number of carbonyl (C=O) groups excluding carboxylic acids is 1. The molecule has 0 aliphatic rings. The van der Waals surface area contributed by atoms with Gasteiger partial charge in [0.25, 0.3) is 0 Å². The summed E-state index contributed by atoms with van der Waals surface area (Å²) >= 11 is 2.23. The fourth-order valence-electron chi connectivity index (χ4n) is 1.84. The highest BCUT2D eigenvalue weighted by molar-refractivity contribution is 14.1. The van der Waals surface area contributed by atoms with Gasteiger partial charge < -0.3 is 10.1 Å². The van der Waals surface area contributed by atoms with E-state index >= 15 is 0 Å². The molecule has 22 heavy (non-hydrogen) atoms. The topological polar surface area (TPSA) is 38.3 Å². The van der Waals surface area contributed by atoms with Crippen molar-refractivity contribution in [2.45, 2.75) is 13.3 Å². The molecule has 2 rings (SSSR count). The van der Waals surface area contributed by atoms with Crippen LogP contribution in [-0.2, 0) is 4.79 Å². The molecule has 2 aromatic carbocycles. The number of benzene rings is 2. The lowest BCUT2D eigenvalue weighted by Gasteiger charge is -2.07. The summed E-state index contributed by atoms with van der Waals surface area (Å²) in [5, 5.41) is 2.83. The standard InChI is InChI=1S/C18H18INO2/c1-2-13-22-17-6-4-3-5-14(17)7-12-18(21)20-16-10-8-15(19)9-11-16/h3-12H,2,13H2,1H3,(H,20,21)/b12-7+. The summed E-state index contributed by atoms with van der Waals surface area (Å²) in [5.41, 5.74) is 1.68. The Balaban J connectivity index is 2.01. The van der Waals surface area contributed by atoms with Crippen molar-refractivity contribution in [3.63, 3.8) is 0 Å². The van der Waals surface area contributed by atoms with Crippen molar-refractivity contribution in [3.05, 3.63) is 63.7 Å². The number of carbonyl (C=O) groups is 1. The normalized spacial score (nSPS) is 10.6. The third-order valence-corrected chi connectivity index (χ3v) is 3.63. The van der Waals surface area contributed by atoms with Crippen LogP contribution in [-0.4, -0.2) is 12.5 Å². The SMILES string of the molecule is CCCOc1ccccc1/C=C/C(=O)Nc1ccc(I)cc1. The molecule has 0 aliphatic carbocycles. The van der Waals surface area contributed by atoms with Gasteiger partial charge in [0.2, 0.25) is 5.91 Å². The lowest BCUT2D eigenvalue weighted by atomic mass is 10.2. The van der Waals surface area contributed by atoms with Gasteiger partial charge in [-0.2, -0.15) is 0 Å². The molecule has 0 saturated heterocycles. The average Bonchev–Trinajstić information content (AvgIpc) is 2.54. The first-order chi connectivity index (χ1) is 10.7. The predicted molar refractivity (Wildman–Crippen MR) is 99.1 cm³/mol. The summed E-state index contributed by atoms with van der Waals surface area (Å²) in [7, 11) is 0. The number of ether oxygens (including phenoxy) is 1. The Morgan fingerprint density at radius 1 is 1.18 bits per heavy atom. The van der Waals surface area contributed by atoms with Gasteiger partial charge in [-0.15, -0.1) is 0 Å². The van der Waals surface area contributed by atoms with Crippen LogP contribution in [0.4, 0.5) is 5.69 Å². The molecule has 2 aromatic rings.